The number of benzene rings is 1. The van der Waals surface area contributed by atoms with Crippen molar-refractivity contribution in [3.8, 4) is 0 Å². The fourth-order valence-corrected chi connectivity index (χ4v) is 3.68. The van der Waals surface area contributed by atoms with E-state index in [-0.39, 0.29) is 24.3 Å². The predicted molar refractivity (Wildman–Crippen MR) is 106 cm³/mol. The maximum Gasteiger partial charge on any atom is 0.242 e. The molecule has 3 amide bonds. The van der Waals surface area contributed by atoms with Crippen LogP contribution in [0.5, 0.6) is 0 Å². The minimum Gasteiger partial charge on any atom is -0.351 e. The lowest BCUT2D eigenvalue weighted by molar-refractivity contribution is -0.141. The molecular formula is C21H30N4O3. The molecule has 1 aromatic carbocycles. The molecule has 1 aromatic rings. The van der Waals surface area contributed by atoms with Gasteiger partial charge in [-0.3, -0.25) is 19.3 Å². The molecule has 1 N–H and O–H groups in total. The maximum absolute atomic E-state index is 12.5. The Hall–Kier alpha value is -2.41. The van der Waals surface area contributed by atoms with Crippen LogP contribution in [0.25, 0.3) is 0 Å². The highest BCUT2D eigenvalue weighted by atomic mass is 16.2. The van der Waals surface area contributed by atoms with Gasteiger partial charge in [0.2, 0.25) is 17.7 Å². The summed E-state index contributed by atoms with van der Waals surface area (Å²) in [5.41, 5.74) is 1.08. The van der Waals surface area contributed by atoms with E-state index >= 15 is 0 Å². The van der Waals surface area contributed by atoms with Crippen LogP contribution < -0.4 is 5.32 Å². The Morgan fingerprint density at radius 1 is 0.893 bits per heavy atom. The number of hydrogen-bond acceptors (Lipinski definition) is 4. The zero-order chi connectivity index (χ0) is 19.8. The molecule has 0 unspecified atom stereocenters. The summed E-state index contributed by atoms with van der Waals surface area (Å²) in [5, 5.41) is 2.94. The molecule has 28 heavy (non-hydrogen) atoms. The monoisotopic (exact) mass is 386 g/mol. The first kappa shape index (κ1) is 20.3. The molecule has 0 bridgehead atoms. The fourth-order valence-electron chi connectivity index (χ4n) is 3.68. The number of hydrogen-bond donors (Lipinski definition) is 1. The van der Waals surface area contributed by atoms with Gasteiger partial charge in [-0.2, -0.15) is 0 Å². The van der Waals surface area contributed by atoms with Gasteiger partial charge in [-0.25, -0.2) is 0 Å². The number of carbonyl (C=O) groups excluding carboxylic acids is 3. The fraction of sp³-hybridized carbons (Fsp3) is 0.571. The van der Waals surface area contributed by atoms with Crippen molar-refractivity contribution in [3.05, 3.63) is 35.9 Å². The Morgan fingerprint density at radius 2 is 1.64 bits per heavy atom. The molecule has 2 heterocycles. The third-order valence-electron chi connectivity index (χ3n) is 5.42. The zero-order valence-electron chi connectivity index (χ0n) is 16.4. The van der Waals surface area contributed by atoms with Crippen LogP contribution in [0.3, 0.4) is 0 Å². The van der Waals surface area contributed by atoms with E-state index in [9.17, 15) is 14.4 Å². The van der Waals surface area contributed by atoms with Crippen LogP contribution in [-0.4, -0.2) is 78.2 Å². The van der Waals surface area contributed by atoms with Gasteiger partial charge in [0.15, 0.2) is 0 Å². The quantitative estimate of drug-likeness (QED) is 0.787. The van der Waals surface area contributed by atoms with Gasteiger partial charge in [-0.1, -0.05) is 36.8 Å². The van der Waals surface area contributed by atoms with Gasteiger partial charge in [0, 0.05) is 45.7 Å². The van der Waals surface area contributed by atoms with Crippen molar-refractivity contribution in [2.75, 3.05) is 45.8 Å². The number of amides is 3. The molecule has 0 spiro atoms. The predicted octanol–water partition coefficient (Wildman–Crippen LogP) is 0.850. The van der Waals surface area contributed by atoms with Crippen molar-refractivity contribution in [3.63, 3.8) is 0 Å². The van der Waals surface area contributed by atoms with Gasteiger partial charge >= 0.3 is 0 Å². The zero-order valence-corrected chi connectivity index (χ0v) is 16.4. The molecule has 7 nitrogen and oxygen atoms in total. The van der Waals surface area contributed by atoms with Crippen LogP contribution >= 0.6 is 0 Å². The summed E-state index contributed by atoms with van der Waals surface area (Å²) >= 11 is 0. The lowest BCUT2D eigenvalue weighted by atomic mass is 10.2. The summed E-state index contributed by atoms with van der Waals surface area (Å²) < 4.78 is 0. The third kappa shape index (κ3) is 6.05. The van der Waals surface area contributed by atoms with E-state index in [1.807, 2.05) is 35.2 Å². The molecule has 3 rings (SSSR count). The average molecular weight is 386 g/mol. The lowest BCUT2D eigenvalue weighted by Gasteiger charge is -2.35. The van der Waals surface area contributed by atoms with Gasteiger partial charge in [-0.15, -0.1) is 0 Å². The van der Waals surface area contributed by atoms with E-state index in [2.05, 4.69) is 10.2 Å². The Morgan fingerprint density at radius 3 is 2.39 bits per heavy atom. The van der Waals surface area contributed by atoms with Crippen molar-refractivity contribution >= 4 is 17.7 Å². The molecule has 2 aliphatic rings. The van der Waals surface area contributed by atoms with Crippen LogP contribution in [0, 0.1) is 0 Å². The van der Waals surface area contributed by atoms with Crippen molar-refractivity contribution in [2.45, 2.75) is 32.2 Å². The molecule has 0 atom stereocenters. The number of carbonyl (C=O) groups is 3. The third-order valence-corrected chi connectivity index (χ3v) is 5.42. The second-order valence-electron chi connectivity index (χ2n) is 7.55. The molecule has 2 saturated heterocycles. The van der Waals surface area contributed by atoms with Crippen molar-refractivity contribution < 1.29 is 14.4 Å². The molecule has 0 radical (unpaired) electrons. The molecule has 0 saturated carbocycles. The number of rotatable bonds is 6. The largest absolute Gasteiger partial charge is 0.351 e. The molecule has 2 fully saturated rings. The summed E-state index contributed by atoms with van der Waals surface area (Å²) in [5.74, 6) is 0.113. The Balaban J connectivity index is 1.37. The smallest absolute Gasteiger partial charge is 0.242 e. The van der Waals surface area contributed by atoms with E-state index in [1.165, 1.54) is 0 Å². The summed E-state index contributed by atoms with van der Waals surface area (Å²) in [6.45, 7) is 4.32. The highest BCUT2D eigenvalue weighted by Gasteiger charge is 2.25. The number of nitrogens with one attached hydrogen (secondary N) is 1. The average Bonchev–Trinajstić information content (AvgIpc) is 2.92. The minimum atomic E-state index is -0.00112. The van der Waals surface area contributed by atoms with Gasteiger partial charge in [0.25, 0.3) is 0 Å². The first-order valence-electron chi connectivity index (χ1n) is 10.2. The van der Waals surface area contributed by atoms with Crippen molar-refractivity contribution in [2.24, 2.45) is 0 Å². The van der Waals surface area contributed by atoms with Crippen LogP contribution in [0.4, 0.5) is 0 Å². The van der Waals surface area contributed by atoms with Crippen LogP contribution in [0.15, 0.2) is 30.3 Å². The Kier molecular flexibility index (Phi) is 7.42. The Bertz CT molecular complexity index is 671. The van der Waals surface area contributed by atoms with Crippen molar-refractivity contribution in [1.29, 1.82) is 0 Å². The second kappa shape index (κ2) is 10.2. The highest BCUT2D eigenvalue weighted by molar-refractivity contribution is 5.85. The lowest BCUT2D eigenvalue weighted by Crippen LogP contribution is -2.53. The van der Waals surface area contributed by atoms with E-state index in [1.54, 1.807) is 4.90 Å². The first-order valence-corrected chi connectivity index (χ1v) is 10.2. The van der Waals surface area contributed by atoms with E-state index < -0.39 is 0 Å². The number of nitrogens with zero attached hydrogens (tertiary/aromatic N) is 3. The molecule has 152 valence electrons. The summed E-state index contributed by atoms with van der Waals surface area (Å²) in [6.07, 6.45) is 3.51. The van der Waals surface area contributed by atoms with Gasteiger partial charge in [0.1, 0.15) is 0 Å². The van der Waals surface area contributed by atoms with E-state index in [4.69, 9.17) is 0 Å². The second-order valence-corrected chi connectivity index (χ2v) is 7.55. The van der Waals surface area contributed by atoms with Gasteiger partial charge in [0.05, 0.1) is 13.1 Å². The maximum atomic E-state index is 12.5. The van der Waals surface area contributed by atoms with Gasteiger partial charge < -0.3 is 15.1 Å². The number of likely N-dealkylation sites (tertiary alicyclic amines) is 1. The molecular weight excluding hydrogens is 356 g/mol. The molecule has 7 heteroatoms. The minimum absolute atomic E-state index is 0.00112. The van der Waals surface area contributed by atoms with E-state index in [0.29, 0.717) is 52.2 Å². The van der Waals surface area contributed by atoms with Crippen LogP contribution in [-0.2, 0) is 20.9 Å². The normalized spacial score (nSPS) is 18.6. The van der Waals surface area contributed by atoms with Crippen LogP contribution in [0.2, 0.25) is 0 Å². The number of piperazine rings is 1. The summed E-state index contributed by atoms with van der Waals surface area (Å²) in [7, 11) is 0. The van der Waals surface area contributed by atoms with Crippen molar-refractivity contribution in [1.82, 2.24) is 20.0 Å². The topological polar surface area (TPSA) is 73.0 Å². The molecule has 0 aliphatic carbocycles. The first-order chi connectivity index (χ1) is 13.6. The SMILES string of the molecule is O=C(CN1CCN(C(=O)CN2CCCCCC2=O)CC1)NCc1ccccc1. The standard InChI is InChI=1S/C21H30N4O3/c26-19(22-15-18-7-3-1-4-8-18)16-23-11-13-24(14-12-23)21(28)17-25-10-6-2-5-9-20(25)27/h1,3-4,7-8H,2,5-6,9-17H2,(H,22,26). The molecule has 0 aromatic heterocycles. The summed E-state index contributed by atoms with van der Waals surface area (Å²) in [4.78, 5) is 42.4. The van der Waals surface area contributed by atoms with Crippen LogP contribution in [0.1, 0.15) is 31.2 Å². The molecule has 2 aliphatic heterocycles. The summed E-state index contributed by atoms with van der Waals surface area (Å²) in [6, 6.07) is 9.84. The Labute approximate surface area is 166 Å². The van der Waals surface area contributed by atoms with Gasteiger partial charge in [-0.05, 0) is 18.4 Å². The van der Waals surface area contributed by atoms with E-state index in [0.717, 1.165) is 24.8 Å². The highest BCUT2D eigenvalue weighted by Crippen LogP contribution is 2.12.